The molecule has 1 fully saturated rings. The van der Waals surface area contributed by atoms with Gasteiger partial charge in [-0.2, -0.15) is 11.8 Å². The summed E-state index contributed by atoms with van der Waals surface area (Å²) in [4.78, 5) is 15.7. The third-order valence-electron chi connectivity index (χ3n) is 2.79. The summed E-state index contributed by atoms with van der Waals surface area (Å²) in [6.45, 7) is 6.23. The number of amides is 1. The molecule has 0 aliphatic carbocycles. The molecular weight excluding hydrogens is 222 g/mol. The first-order chi connectivity index (χ1) is 7.61. The lowest BCUT2D eigenvalue weighted by molar-refractivity contribution is -0.130. The van der Waals surface area contributed by atoms with Crippen LogP contribution in [0.4, 0.5) is 0 Å². The summed E-state index contributed by atoms with van der Waals surface area (Å²) in [5, 5.41) is 3.27. The van der Waals surface area contributed by atoms with E-state index in [1.807, 2.05) is 18.7 Å². The Hall–Kier alpha value is -0.260. The predicted octanol–water partition coefficient (Wildman–Crippen LogP) is 0.102. The number of thioether (sulfide) groups is 1. The molecule has 1 amide bonds. The molecule has 1 N–H and O–H groups in total. The first kappa shape index (κ1) is 13.8. The molecule has 1 aliphatic heterocycles. The number of carbonyl (C=O) groups excluding carboxylic acids is 1. The van der Waals surface area contributed by atoms with Gasteiger partial charge < -0.3 is 15.1 Å². The van der Waals surface area contributed by atoms with Gasteiger partial charge in [-0.25, -0.2) is 0 Å². The van der Waals surface area contributed by atoms with Crippen LogP contribution in [0.25, 0.3) is 0 Å². The summed E-state index contributed by atoms with van der Waals surface area (Å²) in [6.07, 6.45) is 0. The van der Waals surface area contributed by atoms with Crippen molar-refractivity contribution in [2.24, 2.45) is 0 Å². The summed E-state index contributed by atoms with van der Waals surface area (Å²) in [5.74, 6) is 2.63. The highest BCUT2D eigenvalue weighted by molar-refractivity contribution is 7.99. The molecule has 0 radical (unpaired) electrons. The molecule has 5 heteroatoms. The maximum absolute atomic E-state index is 11.6. The smallest absolute Gasteiger partial charge is 0.238 e. The number of likely N-dealkylation sites (N-methyl/N-ethyl adjacent to an activating group) is 1. The molecule has 1 heterocycles. The molecule has 0 aromatic rings. The van der Waals surface area contributed by atoms with Crippen LogP contribution in [-0.4, -0.2) is 73.5 Å². The Morgan fingerprint density at radius 3 is 2.62 bits per heavy atom. The largest absolute Gasteiger partial charge is 0.347 e. The van der Waals surface area contributed by atoms with E-state index in [2.05, 4.69) is 10.2 Å². The third kappa shape index (κ3) is 4.72. The van der Waals surface area contributed by atoms with Crippen molar-refractivity contribution in [1.82, 2.24) is 15.1 Å². The molecule has 94 valence electrons. The number of rotatable bonds is 5. The van der Waals surface area contributed by atoms with Gasteiger partial charge >= 0.3 is 0 Å². The molecule has 1 atom stereocenters. The van der Waals surface area contributed by atoms with Crippen molar-refractivity contribution in [2.75, 3.05) is 51.8 Å². The molecule has 0 aromatic heterocycles. The van der Waals surface area contributed by atoms with E-state index in [0.717, 1.165) is 13.1 Å². The zero-order valence-electron chi connectivity index (χ0n) is 10.5. The molecule has 4 nitrogen and oxygen atoms in total. The minimum Gasteiger partial charge on any atom is -0.347 e. The normalized spacial score (nSPS) is 19.4. The van der Waals surface area contributed by atoms with Crippen LogP contribution in [0.15, 0.2) is 0 Å². The first-order valence-corrected chi connectivity index (χ1v) is 7.01. The lowest BCUT2D eigenvalue weighted by Gasteiger charge is -2.27. The molecule has 1 saturated heterocycles. The van der Waals surface area contributed by atoms with E-state index in [1.54, 1.807) is 19.0 Å². The number of nitrogens with zero attached hydrogens (tertiary/aromatic N) is 2. The van der Waals surface area contributed by atoms with Gasteiger partial charge in [0, 0.05) is 51.8 Å². The number of hydrogen-bond acceptors (Lipinski definition) is 4. The Kier molecular flexibility index (Phi) is 6.16. The van der Waals surface area contributed by atoms with E-state index in [-0.39, 0.29) is 11.9 Å². The van der Waals surface area contributed by atoms with Crippen molar-refractivity contribution >= 4 is 17.7 Å². The van der Waals surface area contributed by atoms with Crippen LogP contribution < -0.4 is 5.32 Å². The Bertz CT molecular complexity index is 217. The Morgan fingerprint density at radius 1 is 1.44 bits per heavy atom. The van der Waals surface area contributed by atoms with E-state index >= 15 is 0 Å². The molecule has 0 spiro atoms. The quantitative estimate of drug-likeness (QED) is 0.745. The van der Waals surface area contributed by atoms with Crippen LogP contribution in [-0.2, 0) is 4.79 Å². The summed E-state index contributed by atoms with van der Waals surface area (Å²) < 4.78 is 0. The van der Waals surface area contributed by atoms with Gasteiger partial charge in [0.25, 0.3) is 0 Å². The average Bonchev–Trinajstić information content (AvgIpc) is 2.29. The Balaban J connectivity index is 2.12. The van der Waals surface area contributed by atoms with E-state index < -0.39 is 0 Å². The van der Waals surface area contributed by atoms with Crippen molar-refractivity contribution in [3.05, 3.63) is 0 Å². The maximum Gasteiger partial charge on any atom is 0.238 e. The van der Waals surface area contributed by atoms with Crippen LogP contribution in [0.3, 0.4) is 0 Å². The SMILES string of the molecule is CC(NCCN1CCSCC1)C(=O)N(C)C. The van der Waals surface area contributed by atoms with Gasteiger partial charge in [0.05, 0.1) is 6.04 Å². The second kappa shape index (κ2) is 7.14. The van der Waals surface area contributed by atoms with Gasteiger partial charge in [-0.15, -0.1) is 0 Å². The molecule has 1 rings (SSSR count). The van der Waals surface area contributed by atoms with Crippen LogP contribution >= 0.6 is 11.8 Å². The average molecular weight is 245 g/mol. The summed E-state index contributed by atoms with van der Waals surface area (Å²) in [6, 6.07) is -0.0748. The lowest BCUT2D eigenvalue weighted by atomic mass is 10.3. The number of hydrogen-bond donors (Lipinski definition) is 1. The molecule has 16 heavy (non-hydrogen) atoms. The van der Waals surface area contributed by atoms with Gasteiger partial charge in [-0.05, 0) is 6.92 Å². The fourth-order valence-electron chi connectivity index (χ4n) is 1.74. The van der Waals surface area contributed by atoms with E-state index in [1.165, 1.54) is 24.6 Å². The number of nitrogens with one attached hydrogen (secondary N) is 1. The highest BCUT2D eigenvalue weighted by Crippen LogP contribution is 2.07. The highest BCUT2D eigenvalue weighted by Gasteiger charge is 2.15. The third-order valence-corrected chi connectivity index (χ3v) is 3.74. The van der Waals surface area contributed by atoms with Crippen LogP contribution in [0, 0.1) is 0 Å². The van der Waals surface area contributed by atoms with Crippen molar-refractivity contribution in [2.45, 2.75) is 13.0 Å². The summed E-state index contributed by atoms with van der Waals surface area (Å²) in [5.41, 5.74) is 0. The molecule has 0 saturated carbocycles. The maximum atomic E-state index is 11.6. The monoisotopic (exact) mass is 245 g/mol. The van der Waals surface area contributed by atoms with Crippen LogP contribution in [0.1, 0.15) is 6.92 Å². The Labute approximate surface area is 103 Å². The minimum atomic E-state index is -0.0748. The molecule has 1 aliphatic rings. The van der Waals surface area contributed by atoms with Gasteiger partial charge in [-0.3, -0.25) is 4.79 Å². The van der Waals surface area contributed by atoms with Crippen molar-refractivity contribution in [3.8, 4) is 0 Å². The van der Waals surface area contributed by atoms with E-state index in [0.29, 0.717) is 0 Å². The highest BCUT2D eigenvalue weighted by atomic mass is 32.2. The first-order valence-electron chi connectivity index (χ1n) is 5.86. The minimum absolute atomic E-state index is 0.0748. The lowest BCUT2D eigenvalue weighted by Crippen LogP contribution is -2.45. The number of carbonyl (C=O) groups is 1. The second-order valence-corrected chi connectivity index (χ2v) is 5.59. The summed E-state index contributed by atoms with van der Waals surface area (Å²) in [7, 11) is 3.59. The molecule has 1 unspecified atom stereocenters. The van der Waals surface area contributed by atoms with Gasteiger partial charge in [-0.1, -0.05) is 0 Å². The molecular formula is C11H23N3OS. The Morgan fingerprint density at radius 2 is 2.06 bits per heavy atom. The van der Waals surface area contributed by atoms with Crippen molar-refractivity contribution in [3.63, 3.8) is 0 Å². The van der Waals surface area contributed by atoms with Crippen LogP contribution in [0.2, 0.25) is 0 Å². The van der Waals surface area contributed by atoms with Gasteiger partial charge in [0.15, 0.2) is 0 Å². The fourth-order valence-corrected chi connectivity index (χ4v) is 2.72. The standard InChI is InChI=1S/C11H23N3OS/c1-10(11(15)13(2)3)12-4-5-14-6-8-16-9-7-14/h10,12H,4-9H2,1-3H3. The van der Waals surface area contributed by atoms with E-state index in [9.17, 15) is 4.79 Å². The fraction of sp³-hybridized carbons (Fsp3) is 0.909. The van der Waals surface area contributed by atoms with Crippen molar-refractivity contribution < 1.29 is 4.79 Å². The zero-order valence-corrected chi connectivity index (χ0v) is 11.3. The topological polar surface area (TPSA) is 35.6 Å². The molecule has 0 aromatic carbocycles. The van der Waals surface area contributed by atoms with Gasteiger partial charge in [0.1, 0.15) is 0 Å². The van der Waals surface area contributed by atoms with Crippen molar-refractivity contribution in [1.29, 1.82) is 0 Å². The summed E-state index contributed by atoms with van der Waals surface area (Å²) >= 11 is 2.02. The molecule has 0 bridgehead atoms. The van der Waals surface area contributed by atoms with Crippen LogP contribution in [0.5, 0.6) is 0 Å². The predicted molar refractivity (Wildman–Crippen MR) is 69.9 cm³/mol. The second-order valence-electron chi connectivity index (χ2n) is 4.36. The van der Waals surface area contributed by atoms with E-state index in [4.69, 9.17) is 0 Å². The van der Waals surface area contributed by atoms with Gasteiger partial charge in [0.2, 0.25) is 5.91 Å². The zero-order chi connectivity index (χ0) is 12.0.